The summed E-state index contributed by atoms with van der Waals surface area (Å²) in [6, 6.07) is 6.14. The van der Waals surface area contributed by atoms with Crippen molar-refractivity contribution < 1.29 is 14.3 Å². The van der Waals surface area contributed by atoms with Crippen LogP contribution in [0.3, 0.4) is 0 Å². The SMILES string of the molecule is COc1cc(CCNC(=O)C2(OC)CCNCC2)ccc1C. The number of methoxy groups -OCH3 is 2. The van der Waals surface area contributed by atoms with E-state index in [4.69, 9.17) is 9.47 Å². The molecule has 1 aromatic rings. The zero-order valence-corrected chi connectivity index (χ0v) is 13.7. The molecule has 1 aromatic carbocycles. The van der Waals surface area contributed by atoms with Gasteiger partial charge in [-0.2, -0.15) is 0 Å². The van der Waals surface area contributed by atoms with Crippen molar-refractivity contribution in [2.75, 3.05) is 33.9 Å². The molecule has 122 valence electrons. The van der Waals surface area contributed by atoms with Gasteiger partial charge in [0.1, 0.15) is 11.4 Å². The lowest BCUT2D eigenvalue weighted by molar-refractivity contribution is -0.146. The fourth-order valence-corrected chi connectivity index (χ4v) is 2.86. The monoisotopic (exact) mass is 306 g/mol. The summed E-state index contributed by atoms with van der Waals surface area (Å²) in [6.45, 7) is 4.25. The van der Waals surface area contributed by atoms with Crippen LogP contribution in [-0.2, 0) is 16.0 Å². The normalized spacial score (nSPS) is 17.0. The van der Waals surface area contributed by atoms with Crippen molar-refractivity contribution in [3.63, 3.8) is 0 Å². The van der Waals surface area contributed by atoms with Crippen LogP contribution in [0, 0.1) is 6.92 Å². The lowest BCUT2D eigenvalue weighted by atomic mass is 9.91. The first-order valence-corrected chi connectivity index (χ1v) is 7.79. The zero-order valence-electron chi connectivity index (χ0n) is 13.7. The Morgan fingerprint density at radius 3 is 2.68 bits per heavy atom. The van der Waals surface area contributed by atoms with Crippen LogP contribution >= 0.6 is 0 Å². The minimum Gasteiger partial charge on any atom is -0.496 e. The predicted octanol–water partition coefficient (Wildman–Crippen LogP) is 1.43. The summed E-state index contributed by atoms with van der Waals surface area (Å²) in [5.74, 6) is 0.881. The fourth-order valence-electron chi connectivity index (χ4n) is 2.86. The Morgan fingerprint density at radius 1 is 1.32 bits per heavy atom. The highest BCUT2D eigenvalue weighted by Gasteiger charge is 2.39. The molecule has 22 heavy (non-hydrogen) atoms. The molecule has 2 rings (SSSR count). The molecule has 0 aromatic heterocycles. The van der Waals surface area contributed by atoms with E-state index in [1.807, 2.05) is 19.1 Å². The number of piperidine rings is 1. The Labute approximate surface area is 132 Å². The first kappa shape index (κ1) is 16.8. The van der Waals surface area contributed by atoms with Gasteiger partial charge in [-0.3, -0.25) is 4.79 Å². The molecule has 1 aliphatic heterocycles. The van der Waals surface area contributed by atoms with Gasteiger partial charge in [-0.15, -0.1) is 0 Å². The molecule has 0 bridgehead atoms. The van der Waals surface area contributed by atoms with E-state index in [1.54, 1.807) is 14.2 Å². The number of benzene rings is 1. The van der Waals surface area contributed by atoms with Gasteiger partial charge in [-0.05, 0) is 56.5 Å². The maximum Gasteiger partial charge on any atom is 0.252 e. The van der Waals surface area contributed by atoms with E-state index >= 15 is 0 Å². The maximum atomic E-state index is 12.4. The third-order valence-corrected chi connectivity index (χ3v) is 4.39. The van der Waals surface area contributed by atoms with Gasteiger partial charge in [0.05, 0.1) is 7.11 Å². The van der Waals surface area contributed by atoms with E-state index in [2.05, 4.69) is 16.7 Å². The molecule has 1 amide bonds. The van der Waals surface area contributed by atoms with E-state index < -0.39 is 5.60 Å². The number of ether oxygens (including phenoxy) is 2. The van der Waals surface area contributed by atoms with Gasteiger partial charge < -0.3 is 20.1 Å². The molecule has 2 N–H and O–H groups in total. The molecule has 1 aliphatic rings. The van der Waals surface area contributed by atoms with E-state index in [0.29, 0.717) is 19.4 Å². The largest absolute Gasteiger partial charge is 0.496 e. The van der Waals surface area contributed by atoms with Crippen molar-refractivity contribution in [1.82, 2.24) is 10.6 Å². The molecule has 0 atom stereocenters. The van der Waals surface area contributed by atoms with Crippen molar-refractivity contribution in [3.05, 3.63) is 29.3 Å². The summed E-state index contributed by atoms with van der Waals surface area (Å²) in [5.41, 5.74) is 1.60. The second-order valence-corrected chi connectivity index (χ2v) is 5.76. The van der Waals surface area contributed by atoms with Crippen molar-refractivity contribution >= 4 is 5.91 Å². The lowest BCUT2D eigenvalue weighted by Gasteiger charge is -2.34. The van der Waals surface area contributed by atoms with Gasteiger partial charge in [0.15, 0.2) is 0 Å². The Balaban J connectivity index is 1.88. The van der Waals surface area contributed by atoms with Crippen molar-refractivity contribution in [2.45, 2.75) is 31.8 Å². The Kier molecular flexibility index (Phi) is 5.80. The molecule has 0 spiro atoms. The lowest BCUT2D eigenvalue weighted by Crippen LogP contribution is -2.54. The summed E-state index contributed by atoms with van der Waals surface area (Å²) in [6.07, 6.45) is 2.21. The molecular weight excluding hydrogens is 280 g/mol. The van der Waals surface area contributed by atoms with Gasteiger partial charge in [-0.1, -0.05) is 12.1 Å². The van der Waals surface area contributed by atoms with Crippen LogP contribution < -0.4 is 15.4 Å². The summed E-state index contributed by atoms with van der Waals surface area (Å²) in [5, 5.41) is 6.27. The molecule has 0 aliphatic carbocycles. The smallest absolute Gasteiger partial charge is 0.252 e. The summed E-state index contributed by atoms with van der Waals surface area (Å²) in [4.78, 5) is 12.4. The molecule has 0 radical (unpaired) electrons. The van der Waals surface area contributed by atoms with Gasteiger partial charge >= 0.3 is 0 Å². The minimum atomic E-state index is -0.670. The topological polar surface area (TPSA) is 59.6 Å². The number of hydrogen-bond donors (Lipinski definition) is 2. The third-order valence-electron chi connectivity index (χ3n) is 4.39. The standard InChI is InChI=1S/C17H26N2O3/c1-13-4-5-14(12-15(13)21-2)6-9-19-16(20)17(22-3)7-10-18-11-8-17/h4-5,12,18H,6-11H2,1-3H3,(H,19,20). The van der Waals surface area contributed by atoms with Crippen LogP contribution in [0.5, 0.6) is 5.75 Å². The molecule has 0 unspecified atom stereocenters. The summed E-state index contributed by atoms with van der Waals surface area (Å²) < 4.78 is 10.9. The molecule has 1 fully saturated rings. The van der Waals surface area contributed by atoms with E-state index in [1.165, 1.54) is 0 Å². The first-order valence-electron chi connectivity index (χ1n) is 7.79. The van der Waals surface area contributed by atoms with Crippen LogP contribution in [-0.4, -0.2) is 45.4 Å². The number of carbonyl (C=O) groups is 1. The van der Waals surface area contributed by atoms with Gasteiger partial charge in [0, 0.05) is 13.7 Å². The molecular formula is C17H26N2O3. The third kappa shape index (κ3) is 3.78. The van der Waals surface area contributed by atoms with Crippen molar-refractivity contribution in [3.8, 4) is 5.75 Å². The van der Waals surface area contributed by atoms with Gasteiger partial charge in [-0.25, -0.2) is 0 Å². The number of carbonyl (C=O) groups excluding carboxylic acids is 1. The molecule has 1 heterocycles. The highest BCUT2D eigenvalue weighted by molar-refractivity contribution is 5.85. The number of nitrogens with one attached hydrogen (secondary N) is 2. The molecule has 1 saturated heterocycles. The number of amides is 1. The van der Waals surface area contributed by atoms with Crippen LogP contribution in [0.4, 0.5) is 0 Å². The van der Waals surface area contributed by atoms with E-state index in [0.717, 1.165) is 36.4 Å². The quantitative estimate of drug-likeness (QED) is 0.835. The molecule has 0 saturated carbocycles. The Bertz CT molecular complexity index is 511. The number of rotatable bonds is 6. The minimum absolute atomic E-state index is 0.00410. The highest BCUT2D eigenvalue weighted by Crippen LogP contribution is 2.23. The average Bonchev–Trinajstić information content (AvgIpc) is 2.56. The Morgan fingerprint density at radius 2 is 2.05 bits per heavy atom. The van der Waals surface area contributed by atoms with Crippen molar-refractivity contribution in [1.29, 1.82) is 0 Å². The maximum absolute atomic E-state index is 12.4. The zero-order chi connectivity index (χ0) is 16.0. The first-order chi connectivity index (χ1) is 10.6. The number of hydrogen-bond acceptors (Lipinski definition) is 4. The van der Waals surface area contributed by atoms with Gasteiger partial charge in [0.2, 0.25) is 0 Å². The number of aryl methyl sites for hydroxylation is 1. The predicted molar refractivity (Wildman–Crippen MR) is 86.3 cm³/mol. The molecule has 5 heteroatoms. The van der Waals surface area contributed by atoms with Crippen molar-refractivity contribution in [2.24, 2.45) is 0 Å². The van der Waals surface area contributed by atoms with E-state index in [-0.39, 0.29) is 5.91 Å². The average molecular weight is 306 g/mol. The molecule has 5 nitrogen and oxygen atoms in total. The van der Waals surface area contributed by atoms with Crippen LogP contribution in [0.15, 0.2) is 18.2 Å². The summed E-state index contributed by atoms with van der Waals surface area (Å²) in [7, 11) is 3.29. The van der Waals surface area contributed by atoms with Gasteiger partial charge in [0.25, 0.3) is 5.91 Å². The fraction of sp³-hybridized carbons (Fsp3) is 0.588. The second kappa shape index (κ2) is 7.61. The van der Waals surface area contributed by atoms with Crippen LogP contribution in [0.1, 0.15) is 24.0 Å². The van der Waals surface area contributed by atoms with Crippen LogP contribution in [0.2, 0.25) is 0 Å². The van der Waals surface area contributed by atoms with Crippen LogP contribution in [0.25, 0.3) is 0 Å². The van der Waals surface area contributed by atoms with E-state index in [9.17, 15) is 4.79 Å². The summed E-state index contributed by atoms with van der Waals surface area (Å²) >= 11 is 0. The second-order valence-electron chi connectivity index (χ2n) is 5.76. The highest BCUT2D eigenvalue weighted by atomic mass is 16.5. The Hall–Kier alpha value is -1.59.